The summed E-state index contributed by atoms with van der Waals surface area (Å²) in [5.74, 6) is 0.630. The number of nitrogens with zero attached hydrogens (tertiary/aromatic N) is 1. The van der Waals surface area contributed by atoms with Crippen LogP contribution in [-0.2, 0) is 19.0 Å². The van der Waals surface area contributed by atoms with Crippen LogP contribution in [0.1, 0.15) is 28.8 Å². The van der Waals surface area contributed by atoms with E-state index in [1.807, 2.05) is 6.07 Å². The zero-order chi connectivity index (χ0) is 21.5. The molecule has 0 aliphatic rings. The molecule has 1 aromatic rings. The fraction of sp³-hybridized carbons (Fsp3) is 0.450. The molecule has 0 heterocycles. The molecule has 1 rings (SSSR count). The van der Waals surface area contributed by atoms with Crippen molar-refractivity contribution in [3.8, 4) is 18.4 Å². The number of methoxy groups -OCH3 is 1. The Hall–Kier alpha value is -2.95. The third kappa shape index (κ3) is 9.19. The normalized spacial score (nSPS) is 12.3. The summed E-state index contributed by atoms with van der Waals surface area (Å²) >= 11 is 0. The lowest BCUT2D eigenvalue weighted by Gasteiger charge is -2.22. The minimum Gasteiger partial charge on any atom is -0.382 e. The van der Waals surface area contributed by atoms with E-state index in [4.69, 9.17) is 31.1 Å². The van der Waals surface area contributed by atoms with E-state index in [-0.39, 0.29) is 26.2 Å². The van der Waals surface area contributed by atoms with Crippen LogP contribution in [0.5, 0.6) is 0 Å². The first-order chi connectivity index (χ1) is 14.0. The summed E-state index contributed by atoms with van der Waals surface area (Å²) in [7, 11) is 1.55. The zero-order valence-corrected chi connectivity index (χ0v) is 16.2. The molecule has 9 nitrogen and oxygen atoms in total. The maximum Gasteiger partial charge on any atom is 0.251 e. The van der Waals surface area contributed by atoms with Gasteiger partial charge in [0.05, 0.1) is 43.4 Å². The Kier molecular flexibility index (Phi) is 11.7. The largest absolute Gasteiger partial charge is 0.382 e. The molecule has 1 aromatic carbocycles. The molecule has 0 bridgehead atoms. The summed E-state index contributed by atoms with van der Waals surface area (Å²) in [4.78, 5) is 24.4. The van der Waals surface area contributed by atoms with Gasteiger partial charge in [-0.25, -0.2) is 5.48 Å². The van der Waals surface area contributed by atoms with Gasteiger partial charge >= 0.3 is 0 Å². The summed E-state index contributed by atoms with van der Waals surface area (Å²) < 4.78 is 15.5. The number of amides is 2. The number of terminal acetylenes is 1. The molecular weight excluding hydrogens is 378 g/mol. The SMILES string of the molecule is C#CCC(CC(COCOCCOC)NC(=O)c1ccc(C#N)cc1)C(=O)NO. The first-order valence-electron chi connectivity index (χ1n) is 8.88. The van der Waals surface area contributed by atoms with Gasteiger partial charge in [0.25, 0.3) is 5.91 Å². The van der Waals surface area contributed by atoms with Crippen LogP contribution in [0.15, 0.2) is 24.3 Å². The van der Waals surface area contributed by atoms with Crippen LogP contribution >= 0.6 is 0 Å². The lowest BCUT2D eigenvalue weighted by atomic mass is 9.96. The number of hydroxylamine groups is 1. The maximum absolute atomic E-state index is 12.5. The fourth-order valence-corrected chi connectivity index (χ4v) is 2.44. The molecule has 29 heavy (non-hydrogen) atoms. The molecule has 0 aliphatic heterocycles. The Morgan fingerprint density at radius 2 is 1.97 bits per heavy atom. The standard InChI is InChI=1S/C20H25N3O6/c1-3-4-17(20(25)23-26)11-18(13-29-14-28-10-9-27-2)22-19(24)16-7-5-15(12-21)6-8-16/h1,5-8,17-18,26H,4,9-11,13-14H2,2H3,(H,22,24)(H,23,25). The van der Waals surface area contributed by atoms with Gasteiger partial charge in [-0.05, 0) is 30.7 Å². The molecule has 0 aliphatic carbocycles. The predicted octanol–water partition coefficient (Wildman–Crippen LogP) is 0.829. The van der Waals surface area contributed by atoms with Gasteiger partial charge in [-0.1, -0.05) is 0 Å². The monoisotopic (exact) mass is 403 g/mol. The maximum atomic E-state index is 12.5. The number of hydrogen-bond acceptors (Lipinski definition) is 7. The highest BCUT2D eigenvalue weighted by Crippen LogP contribution is 2.13. The molecule has 0 aromatic heterocycles. The molecule has 2 unspecified atom stereocenters. The van der Waals surface area contributed by atoms with Gasteiger partial charge < -0.3 is 19.5 Å². The van der Waals surface area contributed by atoms with Gasteiger partial charge in [0, 0.05) is 19.1 Å². The van der Waals surface area contributed by atoms with E-state index in [0.717, 1.165) is 0 Å². The second-order valence-electron chi connectivity index (χ2n) is 6.07. The van der Waals surface area contributed by atoms with Crippen molar-refractivity contribution in [3.05, 3.63) is 35.4 Å². The first kappa shape index (κ1) is 24.1. The van der Waals surface area contributed by atoms with E-state index in [1.54, 1.807) is 12.6 Å². The molecule has 156 valence electrons. The Labute approximate surface area is 169 Å². The second kappa shape index (κ2) is 14.1. The topological polar surface area (TPSA) is 130 Å². The van der Waals surface area contributed by atoms with Crippen molar-refractivity contribution in [1.82, 2.24) is 10.8 Å². The summed E-state index contributed by atoms with van der Waals surface area (Å²) in [6.45, 7) is 0.821. The van der Waals surface area contributed by atoms with Gasteiger partial charge in [-0.2, -0.15) is 5.26 Å². The molecule has 0 fully saturated rings. The smallest absolute Gasteiger partial charge is 0.251 e. The molecule has 0 radical (unpaired) electrons. The Morgan fingerprint density at radius 1 is 1.24 bits per heavy atom. The highest BCUT2D eigenvalue weighted by Gasteiger charge is 2.24. The molecule has 3 N–H and O–H groups in total. The number of benzene rings is 1. The Morgan fingerprint density at radius 3 is 2.55 bits per heavy atom. The number of nitriles is 1. The number of ether oxygens (including phenoxy) is 3. The fourth-order valence-electron chi connectivity index (χ4n) is 2.44. The van der Waals surface area contributed by atoms with Crippen LogP contribution in [0.4, 0.5) is 0 Å². The average molecular weight is 403 g/mol. The molecule has 0 saturated heterocycles. The van der Waals surface area contributed by atoms with E-state index in [2.05, 4.69) is 11.2 Å². The molecule has 0 saturated carbocycles. The first-order valence-corrected chi connectivity index (χ1v) is 8.88. The van der Waals surface area contributed by atoms with Crippen LogP contribution in [0, 0.1) is 29.6 Å². The van der Waals surface area contributed by atoms with Crippen molar-refractivity contribution in [2.45, 2.75) is 18.9 Å². The van der Waals surface area contributed by atoms with Gasteiger partial charge in [0.2, 0.25) is 5.91 Å². The Balaban J connectivity index is 2.76. The third-order valence-corrected chi connectivity index (χ3v) is 3.94. The van der Waals surface area contributed by atoms with Crippen molar-refractivity contribution in [1.29, 1.82) is 5.26 Å². The highest BCUT2D eigenvalue weighted by molar-refractivity contribution is 5.94. The van der Waals surface area contributed by atoms with Crippen molar-refractivity contribution < 1.29 is 29.0 Å². The predicted molar refractivity (Wildman–Crippen MR) is 103 cm³/mol. The van der Waals surface area contributed by atoms with E-state index in [1.165, 1.54) is 24.3 Å². The van der Waals surface area contributed by atoms with E-state index in [9.17, 15) is 9.59 Å². The van der Waals surface area contributed by atoms with Gasteiger partial charge in [-0.3, -0.25) is 14.8 Å². The molecule has 0 spiro atoms. The number of hydrogen-bond donors (Lipinski definition) is 3. The van der Waals surface area contributed by atoms with Crippen molar-refractivity contribution in [2.24, 2.45) is 5.92 Å². The van der Waals surface area contributed by atoms with Crippen LogP contribution in [0.3, 0.4) is 0 Å². The summed E-state index contributed by atoms with van der Waals surface area (Å²) in [5, 5.41) is 20.5. The van der Waals surface area contributed by atoms with E-state index in [0.29, 0.717) is 24.3 Å². The highest BCUT2D eigenvalue weighted by atomic mass is 16.7. The summed E-state index contributed by atoms with van der Waals surface area (Å²) in [5.41, 5.74) is 2.37. The van der Waals surface area contributed by atoms with E-state index >= 15 is 0 Å². The summed E-state index contributed by atoms with van der Waals surface area (Å²) in [6, 6.07) is 7.53. The summed E-state index contributed by atoms with van der Waals surface area (Å²) in [6.07, 6.45) is 5.53. The number of carbonyl (C=O) groups excluding carboxylic acids is 2. The number of nitrogens with one attached hydrogen (secondary N) is 2. The van der Waals surface area contributed by atoms with Crippen molar-refractivity contribution >= 4 is 11.8 Å². The second-order valence-corrected chi connectivity index (χ2v) is 6.07. The molecule has 2 atom stereocenters. The van der Waals surface area contributed by atoms with Gasteiger partial charge in [0.1, 0.15) is 6.79 Å². The quantitative estimate of drug-likeness (QED) is 0.146. The zero-order valence-electron chi connectivity index (χ0n) is 16.2. The van der Waals surface area contributed by atoms with Crippen LogP contribution in [0.2, 0.25) is 0 Å². The van der Waals surface area contributed by atoms with Crippen LogP contribution in [-0.4, -0.2) is 56.8 Å². The van der Waals surface area contributed by atoms with E-state index < -0.39 is 23.8 Å². The number of rotatable bonds is 13. The van der Waals surface area contributed by atoms with Crippen molar-refractivity contribution in [2.75, 3.05) is 33.7 Å². The lowest BCUT2D eigenvalue weighted by molar-refractivity contribution is -0.134. The average Bonchev–Trinajstić information content (AvgIpc) is 2.75. The lowest BCUT2D eigenvalue weighted by Crippen LogP contribution is -2.42. The minimum atomic E-state index is -0.714. The molecule has 2 amide bonds. The van der Waals surface area contributed by atoms with Crippen LogP contribution in [0.25, 0.3) is 0 Å². The van der Waals surface area contributed by atoms with Gasteiger partial charge in [-0.15, -0.1) is 12.3 Å². The number of carbonyl (C=O) groups is 2. The Bertz CT molecular complexity index is 723. The third-order valence-electron chi connectivity index (χ3n) is 3.94. The molecular formula is C20H25N3O6. The molecule has 9 heteroatoms. The minimum absolute atomic E-state index is 0.0153. The van der Waals surface area contributed by atoms with Gasteiger partial charge in [0.15, 0.2) is 0 Å². The van der Waals surface area contributed by atoms with Crippen molar-refractivity contribution in [3.63, 3.8) is 0 Å². The van der Waals surface area contributed by atoms with Crippen LogP contribution < -0.4 is 10.8 Å².